The van der Waals surface area contributed by atoms with E-state index in [0.717, 1.165) is 17.9 Å². The zero-order valence-electron chi connectivity index (χ0n) is 15.3. The van der Waals surface area contributed by atoms with Gasteiger partial charge in [-0.1, -0.05) is 18.2 Å². The van der Waals surface area contributed by atoms with Crippen LogP contribution in [-0.4, -0.2) is 41.8 Å². The van der Waals surface area contributed by atoms with Crippen molar-refractivity contribution in [3.63, 3.8) is 0 Å². The van der Waals surface area contributed by atoms with Crippen molar-refractivity contribution in [2.24, 2.45) is 0 Å². The topological polar surface area (TPSA) is 44.7 Å². The average molecular weight is 340 g/mol. The third-order valence-electron chi connectivity index (χ3n) is 5.03. The summed E-state index contributed by atoms with van der Waals surface area (Å²) in [6, 6.07) is 8.23. The summed E-state index contributed by atoms with van der Waals surface area (Å²) in [4.78, 5) is 2.34. The lowest BCUT2D eigenvalue weighted by molar-refractivity contribution is 0.130. The largest absolute Gasteiger partial charge is 0.494 e. The lowest BCUT2D eigenvalue weighted by Crippen LogP contribution is -2.39. The van der Waals surface area contributed by atoms with Gasteiger partial charge in [-0.2, -0.15) is 0 Å². The van der Waals surface area contributed by atoms with E-state index < -0.39 is 6.10 Å². The molecule has 0 radical (unpaired) electrons. The molecule has 0 bridgehead atoms. The number of allylic oxidation sites excluding steroid dienone is 3. The van der Waals surface area contributed by atoms with Gasteiger partial charge in [0.15, 0.2) is 0 Å². The van der Waals surface area contributed by atoms with Crippen molar-refractivity contribution >= 4 is 5.69 Å². The van der Waals surface area contributed by atoms with E-state index >= 15 is 0 Å². The van der Waals surface area contributed by atoms with Crippen LogP contribution in [0.15, 0.2) is 59.3 Å². The van der Waals surface area contributed by atoms with Gasteiger partial charge < -0.3 is 20.1 Å². The van der Waals surface area contributed by atoms with Crippen molar-refractivity contribution in [2.45, 2.75) is 39.3 Å². The lowest BCUT2D eigenvalue weighted by atomic mass is 9.96. The van der Waals surface area contributed by atoms with Gasteiger partial charge in [-0.25, -0.2) is 0 Å². The number of β-amino-alcohol motifs (C(OH)–C–C–N with tert-alkyl or cyclic N) is 1. The molecule has 4 nitrogen and oxygen atoms in total. The number of anilines is 1. The normalized spacial score (nSPS) is 20.4. The number of ether oxygens (including phenoxy) is 1. The maximum Gasteiger partial charge on any atom is 0.119 e. The summed E-state index contributed by atoms with van der Waals surface area (Å²) >= 11 is 0. The fourth-order valence-electron chi connectivity index (χ4n) is 3.57. The van der Waals surface area contributed by atoms with Crippen molar-refractivity contribution in [3.8, 4) is 5.75 Å². The molecule has 0 spiro atoms. The van der Waals surface area contributed by atoms with Crippen molar-refractivity contribution < 1.29 is 9.84 Å². The molecular formula is C21H28N2O2. The van der Waals surface area contributed by atoms with Gasteiger partial charge in [-0.15, -0.1) is 0 Å². The highest BCUT2D eigenvalue weighted by molar-refractivity contribution is 5.48. The Labute approximate surface area is 150 Å². The van der Waals surface area contributed by atoms with Crippen LogP contribution in [0.25, 0.3) is 0 Å². The number of hydrogen-bond donors (Lipinski definition) is 2. The SMILES string of the molecule is CCOc1ccc(NCC(O)CN2C(C)=C(C)C3=CC=CCC32)cc1. The number of hydrogen-bond acceptors (Lipinski definition) is 4. The highest BCUT2D eigenvalue weighted by atomic mass is 16.5. The van der Waals surface area contributed by atoms with Gasteiger partial charge in [-0.05, 0) is 62.6 Å². The average Bonchev–Trinajstić information content (AvgIpc) is 2.87. The van der Waals surface area contributed by atoms with Crippen LogP contribution in [0.4, 0.5) is 5.69 Å². The highest BCUT2D eigenvalue weighted by Crippen LogP contribution is 2.36. The summed E-state index contributed by atoms with van der Waals surface area (Å²) < 4.78 is 5.45. The molecule has 2 N–H and O–H groups in total. The van der Waals surface area contributed by atoms with E-state index in [1.807, 2.05) is 31.2 Å². The summed E-state index contributed by atoms with van der Waals surface area (Å²) in [5, 5.41) is 13.8. The van der Waals surface area contributed by atoms with Gasteiger partial charge >= 0.3 is 0 Å². The standard InChI is InChI=1S/C21H28N2O2/c1-4-25-19-11-9-17(10-12-19)22-13-18(24)14-23-16(3)15(2)20-7-5-6-8-21(20)23/h5-7,9-12,18,21-22,24H,4,8,13-14H2,1-3H3. The Balaban J connectivity index is 1.55. The number of benzene rings is 1. The van der Waals surface area contributed by atoms with Crippen molar-refractivity contribution in [3.05, 3.63) is 59.3 Å². The van der Waals surface area contributed by atoms with E-state index in [1.54, 1.807) is 0 Å². The molecule has 1 aromatic carbocycles. The lowest BCUT2D eigenvalue weighted by Gasteiger charge is -2.31. The molecule has 0 saturated heterocycles. The van der Waals surface area contributed by atoms with Crippen molar-refractivity contribution in [1.29, 1.82) is 0 Å². The molecule has 2 aliphatic rings. The summed E-state index contributed by atoms with van der Waals surface area (Å²) in [6.07, 6.45) is 7.13. The maximum atomic E-state index is 10.5. The fraction of sp³-hybridized carbons (Fsp3) is 0.429. The molecular weight excluding hydrogens is 312 g/mol. The third kappa shape index (κ3) is 3.90. The summed E-state index contributed by atoms with van der Waals surface area (Å²) in [7, 11) is 0. The second-order valence-corrected chi connectivity index (χ2v) is 6.66. The molecule has 4 heteroatoms. The second-order valence-electron chi connectivity index (χ2n) is 6.66. The van der Waals surface area contributed by atoms with E-state index in [0.29, 0.717) is 25.7 Å². The first-order valence-electron chi connectivity index (χ1n) is 9.06. The first-order valence-corrected chi connectivity index (χ1v) is 9.06. The summed E-state index contributed by atoms with van der Waals surface area (Å²) in [5.74, 6) is 0.867. The minimum atomic E-state index is -0.431. The number of aliphatic hydroxyl groups excluding tert-OH is 1. The molecule has 0 amide bonds. The Hall–Kier alpha value is -2.20. The molecule has 25 heavy (non-hydrogen) atoms. The Morgan fingerprint density at radius 1 is 1.28 bits per heavy atom. The number of fused-ring (bicyclic) bond motifs is 1. The van der Waals surface area contributed by atoms with E-state index in [-0.39, 0.29) is 0 Å². The van der Waals surface area contributed by atoms with Crippen molar-refractivity contribution in [1.82, 2.24) is 4.90 Å². The number of aliphatic hydroxyl groups is 1. The molecule has 2 atom stereocenters. The van der Waals surface area contributed by atoms with Gasteiger partial charge in [0, 0.05) is 24.5 Å². The van der Waals surface area contributed by atoms with Crippen LogP contribution in [0.3, 0.4) is 0 Å². The summed E-state index contributed by atoms with van der Waals surface area (Å²) in [5.41, 5.74) is 5.02. The van der Waals surface area contributed by atoms with Crippen LogP contribution in [0.5, 0.6) is 5.75 Å². The second kappa shape index (κ2) is 7.79. The smallest absolute Gasteiger partial charge is 0.119 e. The Morgan fingerprint density at radius 2 is 2.04 bits per heavy atom. The summed E-state index contributed by atoms with van der Waals surface area (Å²) in [6.45, 7) is 8.14. The van der Waals surface area contributed by atoms with Gasteiger partial charge in [0.1, 0.15) is 5.75 Å². The molecule has 0 aromatic heterocycles. The molecule has 1 aliphatic carbocycles. The molecule has 2 unspecified atom stereocenters. The zero-order valence-corrected chi connectivity index (χ0v) is 15.3. The first-order chi connectivity index (χ1) is 12.1. The Kier molecular flexibility index (Phi) is 5.49. The van der Waals surface area contributed by atoms with Crippen LogP contribution < -0.4 is 10.1 Å². The zero-order chi connectivity index (χ0) is 17.8. The first kappa shape index (κ1) is 17.6. The molecule has 1 aliphatic heterocycles. The van der Waals surface area contributed by atoms with Crippen LogP contribution in [0, 0.1) is 0 Å². The quantitative estimate of drug-likeness (QED) is 0.794. The highest BCUT2D eigenvalue weighted by Gasteiger charge is 2.32. The van der Waals surface area contributed by atoms with Crippen LogP contribution in [0.2, 0.25) is 0 Å². The van der Waals surface area contributed by atoms with E-state index in [9.17, 15) is 5.11 Å². The minimum Gasteiger partial charge on any atom is -0.494 e. The molecule has 0 saturated carbocycles. The fourth-order valence-corrected chi connectivity index (χ4v) is 3.57. The van der Waals surface area contributed by atoms with Crippen LogP contribution >= 0.6 is 0 Å². The Morgan fingerprint density at radius 3 is 2.76 bits per heavy atom. The predicted molar refractivity (Wildman–Crippen MR) is 103 cm³/mol. The predicted octanol–water partition coefficient (Wildman–Crippen LogP) is 3.72. The monoisotopic (exact) mass is 340 g/mol. The van der Waals surface area contributed by atoms with Crippen molar-refractivity contribution in [2.75, 3.05) is 25.0 Å². The number of nitrogens with zero attached hydrogens (tertiary/aromatic N) is 1. The van der Waals surface area contributed by atoms with Crippen LogP contribution in [-0.2, 0) is 0 Å². The van der Waals surface area contributed by atoms with E-state index in [2.05, 4.69) is 42.3 Å². The maximum absolute atomic E-state index is 10.5. The minimum absolute atomic E-state index is 0.380. The van der Waals surface area contributed by atoms with Crippen LogP contribution in [0.1, 0.15) is 27.2 Å². The number of nitrogens with one attached hydrogen (secondary N) is 1. The van der Waals surface area contributed by atoms with E-state index in [1.165, 1.54) is 16.8 Å². The number of rotatable bonds is 7. The molecule has 134 valence electrons. The Bertz CT molecular complexity index is 688. The van der Waals surface area contributed by atoms with Gasteiger partial charge in [0.05, 0.1) is 18.8 Å². The molecule has 1 heterocycles. The molecule has 1 aromatic rings. The van der Waals surface area contributed by atoms with E-state index in [4.69, 9.17) is 4.74 Å². The van der Waals surface area contributed by atoms with Gasteiger partial charge in [0.25, 0.3) is 0 Å². The molecule has 0 fully saturated rings. The van der Waals surface area contributed by atoms with Gasteiger partial charge in [0.2, 0.25) is 0 Å². The third-order valence-corrected chi connectivity index (χ3v) is 5.03. The van der Waals surface area contributed by atoms with Gasteiger partial charge in [-0.3, -0.25) is 0 Å². The molecule has 3 rings (SSSR count).